The molecule has 0 unspecified atom stereocenters. The van der Waals surface area contributed by atoms with Gasteiger partial charge in [0.25, 0.3) is 0 Å². The molecule has 0 aliphatic carbocycles. The van der Waals surface area contributed by atoms with E-state index in [1.165, 1.54) is 12.1 Å². The zero-order valence-corrected chi connectivity index (χ0v) is 23.9. The number of ether oxygens (including phenoxy) is 1. The Hall–Kier alpha value is -4.72. The molecule has 0 saturated carbocycles. The van der Waals surface area contributed by atoms with Crippen molar-refractivity contribution in [3.8, 4) is 5.75 Å². The van der Waals surface area contributed by atoms with Gasteiger partial charge >= 0.3 is 5.97 Å². The van der Waals surface area contributed by atoms with E-state index >= 15 is 0 Å². The van der Waals surface area contributed by atoms with Crippen LogP contribution in [-0.2, 0) is 14.4 Å². The van der Waals surface area contributed by atoms with Gasteiger partial charge in [0.1, 0.15) is 11.8 Å². The van der Waals surface area contributed by atoms with Gasteiger partial charge in [0.15, 0.2) is 5.78 Å². The average Bonchev–Trinajstić information content (AvgIpc) is 3.50. The largest absolute Gasteiger partial charge is 0.425 e. The number of amides is 2. The van der Waals surface area contributed by atoms with E-state index in [4.69, 9.17) is 27.9 Å². The van der Waals surface area contributed by atoms with Crippen molar-refractivity contribution in [2.75, 3.05) is 9.80 Å². The fraction of sp³-hybridized carbons (Fsp3) is 0.118. The van der Waals surface area contributed by atoms with E-state index in [1.807, 2.05) is 47.4 Å². The predicted octanol–water partition coefficient (Wildman–Crippen LogP) is 6.22. The standard InChI is InChI=1S/C34H22Cl2N2O5/c35-22-13-17-26(24(36)18-22)38-32(40)28-27-16-12-19-6-4-5-9-25(19)37(27)30(29(28)33(38)41)34(42)43-23-14-10-21(11-15-23)31(39)20-7-2-1-3-8-20/h1-18,27-30H/t27-,28-,29-,30+/m0/s1. The van der Waals surface area contributed by atoms with Crippen LogP contribution in [0.2, 0.25) is 10.0 Å². The van der Waals surface area contributed by atoms with E-state index in [-0.39, 0.29) is 22.2 Å². The fourth-order valence-electron chi connectivity index (χ4n) is 6.29. The van der Waals surface area contributed by atoms with Crippen molar-refractivity contribution >= 4 is 64.2 Å². The summed E-state index contributed by atoms with van der Waals surface area (Å²) in [6.45, 7) is 0. The van der Waals surface area contributed by atoms with Crippen LogP contribution in [0.4, 0.5) is 11.4 Å². The molecule has 4 atom stereocenters. The summed E-state index contributed by atoms with van der Waals surface area (Å²) in [6, 6.07) is 25.5. The van der Waals surface area contributed by atoms with Crippen molar-refractivity contribution in [3.05, 3.63) is 130 Å². The third kappa shape index (κ3) is 4.44. The van der Waals surface area contributed by atoms with E-state index in [9.17, 15) is 19.2 Å². The maximum Gasteiger partial charge on any atom is 0.335 e. The summed E-state index contributed by atoms with van der Waals surface area (Å²) in [5.41, 5.74) is 2.79. The van der Waals surface area contributed by atoms with Crippen molar-refractivity contribution in [2.24, 2.45) is 11.8 Å². The number of hydrogen-bond donors (Lipinski definition) is 0. The van der Waals surface area contributed by atoms with E-state index < -0.39 is 41.7 Å². The Kier molecular flexibility index (Phi) is 6.64. The number of para-hydroxylation sites is 1. The zero-order valence-electron chi connectivity index (χ0n) is 22.4. The lowest BCUT2D eigenvalue weighted by Crippen LogP contribution is -2.50. The maximum atomic E-state index is 14.0. The van der Waals surface area contributed by atoms with E-state index in [0.717, 1.165) is 16.2 Å². The Morgan fingerprint density at radius 2 is 1.40 bits per heavy atom. The van der Waals surface area contributed by atoms with Gasteiger partial charge in [-0.25, -0.2) is 9.69 Å². The zero-order chi connectivity index (χ0) is 29.8. The number of ketones is 1. The molecule has 7 nitrogen and oxygen atoms in total. The quantitative estimate of drug-likeness (QED) is 0.116. The van der Waals surface area contributed by atoms with E-state index in [2.05, 4.69) is 0 Å². The Morgan fingerprint density at radius 3 is 2.14 bits per heavy atom. The van der Waals surface area contributed by atoms with Gasteiger partial charge in [-0.3, -0.25) is 14.4 Å². The first-order chi connectivity index (χ1) is 20.8. The molecule has 4 aromatic carbocycles. The summed E-state index contributed by atoms with van der Waals surface area (Å²) in [6.07, 6.45) is 3.76. The summed E-state index contributed by atoms with van der Waals surface area (Å²) in [5.74, 6) is -3.48. The number of carbonyl (C=O) groups is 4. The third-order valence-electron chi connectivity index (χ3n) is 8.18. The minimum absolute atomic E-state index is 0.153. The molecule has 212 valence electrons. The lowest BCUT2D eigenvalue weighted by atomic mass is 9.89. The second-order valence-corrected chi connectivity index (χ2v) is 11.4. The smallest absolute Gasteiger partial charge is 0.335 e. The van der Waals surface area contributed by atoms with Gasteiger partial charge in [0.2, 0.25) is 11.8 Å². The minimum atomic E-state index is -1.10. The van der Waals surface area contributed by atoms with Crippen LogP contribution in [0.3, 0.4) is 0 Å². The molecule has 2 amide bonds. The summed E-state index contributed by atoms with van der Waals surface area (Å²) in [4.78, 5) is 57.6. The molecule has 43 heavy (non-hydrogen) atoms. The monoisotopic (exact) mass is 608 g/mol. The molecule has 0 bridgehead atoms. The van der Waals surface area contributed by atoms with Gasteiger partial charge in [-0.15, -0.1) is 0 Å². The first kappa shape index (κ1) is 27.1. The van der Waals surface area contributed by atoms with Crippen molar-refractivity contribution in [3.63, 3.8) is 0 Å². The molecule has 0 spiro atoms. The van der Waals surface area contributed by atoms with Gasteiger partial charge in [0, 0.05) is 21.8 Å². The Bertz CT molecular complexity index is 1840. The second kappa shape index (κ2) is 10.5. The van der Waals surface area contributed by atoms with Crippen LogP contribution in [-0.4, -0.2) is 35.7 Å². The van der Waals surface area contributed by atoms with Gasteiger partial charge in [-0.1, -0.05) is 83.9 Å². The molecule has 0 N–H and O–H groups in total. The molecule has 7 rings (SSSR count). The minimum Gasteiger partial charge on any atom is -0.425 e. The van der Waals surface area contributed by atoms with Gasteiger partial charge in [0.05, 0.1) is 28.6 Å². The molecular weight excluding hydrogens is 587 g/mol. The number of nitrogens with zero attached hydrogens (tertiary/aromatic N) is 2. The van der Waals surface area contributed by atoms with Gasteiger partial charge in [-0.05, 0) is 54.1 Å². The second-order valence-electron chi connectivity index (χ2n) is 10.6. The van der Waals surface area contributed by atoms with Crippen molar-refractivity contribution in [1.29, 1.82) is 0 Å². The number of hydrogen-bond acceptors (Lipinski definition) is 6. The average molecular weight is 609 g/mol. The first-order valence-corrected chi connectivity index (χ1v) is 14.4. The molecule has 9 heteroatoms. The van der Waals surface area contributed by atoms with Crippen LogP contribution in [0.25, 0.3) is 6.08 Å². The predicted molar refractivity (Wildman–Crippen MR) is 163 cm³/mol. The van der Waals surface area contributed by atoms with Crippen LogP contribution in [0, 0.1) is 11.8 Å². The van der Waals surface area contributed by atoms with Crippen LogP contribution in [0.1, 0.15) is 21.5 Å². The number of imide groups is 1. The van der Waals surface area contributed by atoms with Crippen LogP contribution in [0.5, 0.6) is 5.75 Å². The normalized spacial score (nSPS) is 21.8. The van der Waals surface area contributed by atoms with E-state index in [1.54, 1.807) is 54.6 Å². The molecule has 2 saturated heterocycles. The lowest BCUT2D eigenvalue weighted by Gasteiger charge is -2.36. The molecule has 0 radical (unpaired) electrons. The van der Waals surface area contributed by atoms with Gasteiger partial charge in [-0.2, -0.15) is 0 Å². The SMILES string of the molecule is O=C(c1ccccc1)c1ccc(OC(=O)[C@H]2[C@H]3C(=O)N(c4ccc(Cl)cc4Cl)C(=O)[C@H]3[C@@H]3C=Cc4ccccc4N32)cc1. The van der Waals surface area contributed by atoms with Crippen LogP contribution < -0.4 is 14.5 Å². The summed E-state index contributed by atoms with van der Waals surface area (Å²) < 4.78 is 5.83. The lowest BCUT2D eigenvalue weighted by molar-refractivity contribution is -0.139. The van der Waals surface area contributed by atoms with Crippen molar-refractivity contribution < 1.29 is 23.9 Å². The van der Waals surface area contributed by atoms with Crippen LogP contribution >= 0.6 is 23.2 Å². The number of esters is 1. The van der Waals surface area contributed by atoms with Crippen LogP contribution in [0.15, 0.2) is 103 Å². The molecule has 3 aliphatic heterocycles. The highest BCUT2D eigenvalue weighted by molar-refractivity contribution is 6.38. The molecular formula is C34H22Cl2N2O5. The third-order valence-corrected chi connectivity index (χ3v) is 8.72. The summed E-state index contributed by atoms with van der Waals surface area (Å²) >= 11 is 12.5. The molecule has 4 aromatic rings. The number of halogens is 2. The van der Waals surface area contributed by atoms with E-state index in [0.29, 0.717) is 16.1 Å². The molecule has 0 aromatic heterocycles. The Labute approximate surface area is 256 Å². The summed E-state index contributed by atoms with van der Waals surface area (Å²) in [7, 11) is 0. The number of benzene rings is 4. The molecule has 3 heterocycles. The number of anilines is 2. The highest BCUT2D eigenvalue weighted by Gasteiger charge is 2.65. The first-order valence-electron chi connectivity index (χ1n) is 13.6. The Morgan fingerprint density at radius 1 is 0.721 bits per heavy atom. The molecule has 3 aliphatic rings. The van der Waals surface area contributed by atoms with Gasteiger partial charge < -0.3 is 9.64 Å². The highest BCUT2D eigenvalue weighted by Crippen LogP contribution is 2.50. The summed E-state index contributed by atoms with van der Waals surface area (Å²) in [5, 5.41) is 0.517. The topological polar surface area (TPSA) is 84.0 Å². The Balaban J connectivity index is 1.23. The fourth-order valence-corrected chi connectivity index (χ4v) is 6.78. The number of carbonyl (C=O) groups excluding carboxylic acids is 4. The van der Waals surface area contributed by atoms with Crippen molar-refractivity contribution in [2.45, 2.75) is 12.1 Å². The van der Waals surface area contributed by atoms with Crippen molar-refractivity contribution in [1.82, 2.24) is 0 Å². The number of rotatable bonds is 5. The highest BCUT2D eigenvalue weighted by atomic mass is 35.5. The number of fused-ring (bicyclic) bond motifs is 5. The molecule has 2 fully saturated rings. The maximum absolute atomic E-state index is 14.0.